The van der Waals surface area contributed by atoms with Crippen LogP contribution in [0.4, 0.5) is 0 Å². The van der Waals surface area contributed by atoms with Crippen molar-refractivity contribution < 1.29 is 24.9 Å². The molecule has 20 heavy (non-hydrogen) atoms. The molecule has 0 spiro atoms. The zero-order chi connectivity index (χ0) is 15.2. The van der Waals surface area contributed by atoms with Crippen LogP contribution in [0.15, 0.2) is 24.3 Å². The van der Waals surface area contributed by atoms with E-state index in [0.29, 0.717) is 0 Å². The van der Waals surface area contributed by atoms with Crippen LogP contribution >= 0.6 is 0 Å². The third-order valence-corrected chi connectivity index (χ3v) is 3.32. The molecule has 0 atom stereocenters. The number of carboxylic acid groups (broad SMARTS) is 2. The predicted octanol–water partition coefficient (Wildman–Crippen LogP) is 2.78. The Morgan fingerprint density at radius 1 is 0.950 bits per heavy atom. The van der Waals surface area contributed by atoms with Gasteiger partial charge in [-0.1, -0.05) is 31.4 Å². The minimum Gasteiger partial charge on any atom is -0.478 e. The number of rotatable bonds is 2. The van der Waals surface area contributed by atoms with Gasteiger partial charge in [-0.15, -0.1) is 0 Å². The van der Waals surface area contributed by atoms with Gasteiger partial charge in [0.05, 0.1) is 16.7 Å². The van der Waals surface area contributed by atoms with E-state index in [1.54, 1.807) is 0 Å². The first-order valence-electron chi connectivity index (χ1n) is 6.61. The Balaban J connectivity index is 0.000000217. The molecule has 110 valence electrons. The fraction of sp³-hybridized carbons (Fsp3) is 0.467. The number of hydrogen-bond acceptors (Lipinski definition) is 3. The van der Waals surface area contributed by atoms with Crippen molar-refractivity contribution in [1.82, 2.24) is 0 Å². The van der Waals surface area contributed by atoms with E-state index in [2.05, 4.69) is 0 Å². The highest BCUT2D eigenvalue weighted by Crippen LogP contribution is 2.26. The quantitative estimate of drug-likeness (QED) is 0.774. The summed E-state index contributed by atoms with van der Waals surface area (Å²) < 4.78 is 0. The lowest BCUT2D eigenvalue weighted by atomic mass is 9.87. The molecule has 5 nitrogen and oxygen atoms in total. The van der Waals surface area contributed by atoms with Gasteiger partial charge in [0.1, 0.15) is 0 Å². The second-order valence-electron chi connectivity index (χ2n) is 5.21. The van der Waals surface area contributed by atoms with Crippen LogP contribution in [0.25, 0.3) is 0 Å². The van der Waals surface area contributed by atoms with Crippen LogP contribution in [-0.4, -0.2) is 32.9 Å². The lowest BCUT2D eigenvalue weighted by Crippen LogP contribution is -2.26. The molecule has 0 amide bonds. The van der Waals surface area contributed by atoms with Crippen LogP contribution in [0.3, 0.4) is 0 Å². The van der Waals surface area contributed by atoms with Crippen molar-refractivity contribution in [1.29, 1.82) is 0 Å². The van der Waals surface area contributed by atoms with Crippen molar-refractivity contribution in [3.63, 3.8) is 0 Å². The molecule has 0 radical (unpaired) electrons. The fourth-order valence-corrected chi connectivity index (χ4v) is 2.17. The van der Waals surface area contributed by atoms with E-state index in [9.17, 15) is 14.7 Å². The molecule has 0 heterocycles. The standard InChI is InChI=1S/C8H6O4.C7H14O/c9-7(10)5-3-1-2-4-6(5)8(11)12;1-7(8)5-3-2-4-6-7/h1-4H,(H,9,10)(H,11,12);8H,2-6H2,1H3. The highest BCUT2D eigenvalue weighted by Gasteiger charge is 2.22. The molecule has 1 aliphatic carbocycles. The summed E-state index contributed by atoms with van der Waals surface area (Å²) in [6.45, 7) is 1.94. The molecular weight excluding hydrogens is 260 g/mol. The van der Waals surface area contributed by atoms with E-state index in [4.69, 9.17) is 10.2 Å². The number of carbonyl (C=O) groups is 2. The molecule has 0 aliphatic heterocycles. The fourth-order valence-electron chi connectivity index (χ4n) is 2.17. The van der Waals surface area contributed by atoms with Crippen LogP contribution < -0.4 is 0 Å². The van der Waals surface area contributed by atoms with E-state index in [1.165, 1.54) is 43.5 Å². The minimum absolute atomic E-state index is 0.190. The van der Waals surface area contributed by atoms with Gasteiger partial charge < -0.3 is 15.3 Å². The van der Waals surface area contributed by atoms with Crippen molar-refractivity contribution in [3.8, 4) is 0 Å². The maximum atomic E-state index is 10.5. The van der Waals surface area contributed by atoms with Crippen LogP contribution in [-0.2, 0) is 0 Å². The van der Waals surface area contributed by atoms with E-state index < -0.39 is 11.9 Å². The molecule has 3 N–H and O–H groups in total. The summed E-state index contributed by atoms with van der Waals surface area (Å²) in [6, 6.07) is 5.48. The van der Waals surface area contributed by atoms with Gasteiger partial charge in [-0.2, -0.15) is 0 Å². The van der Waals surface area contributed by atoms with Gasteiger partial charge in [0.25, 0.3) is 0 Å². The maximum absolute atomic E-state index is 10.5. The lowest BCUT2D eigenvalue weighted by Gasteiger charge is -2.27. The van der Waals surface area contributed by atoms with Gasteiger partial charge in [0.2, 0.25) is 0 Å². The first-order chi connectivity index (χ1) is 9.33. The molecule has 1 fully saturated rings. The van der Waals surface area contributed by atoms with Crippen molar-refractivity contribution >= 4 is 11.9 Å². The normalized spacial score (nSPS) is 16.7. The lowest BCUT2D eigenvalue weighted by molar-refractivity contribution is 0.0225. The molecule has 0 aromatic heterocycles. The first kappa shape index (κ1) is 16.2. The van der Waals surface area contributed by atoms with Gasteiger partial charge in [0.15, 0.2) is 0 Å². The van der Waals surface area contributed by atoms with Crippen LogP contribution in [0.2, 0.25) is 0 Å². The second-order valence-corrected chi connectivity index (χ2v) is 5.21. The molecular formula is C15H20O5. The summed E-state index contributed by atoms with van der Waals surface area (Å²) in [7, 11) is 0. The maximum Gasteiger partial charge on any atom is 0.336 e. The van der Waals surface area contributed by atoms with Gasteiger partial charge in [-0.25, -0.2) is 9.59 Å². The minimum atomic E-state index is -1.23. The van der Waals surface area contributed by atoms with Crippen LogP contribution in [0, 0.1) is 0 Å². The smallest absolute Gasteiger partial charge is 0.336 e. The molecule has 1 aromatic carbocycles. The summed E-state index contributed by atoms with van der Waals surface area (Å²) in [5.74, 6) is -2.46. The predicted molar refractivity (Wildman–Crippen MR) is 74.1 cm³/mol. The Morgan fingerprint density at radius 2 is 1.35 bits per heavy atom. The van der Waals surface area contributed by atoms with Crippen LogP contribution in [0.1, 0.15) is 59.7 Å². The van der Waals surface area contributed by atoms with E-state index in [0.717, 1.165) is 12.8 Å². The molecule has 0 bridgehead atoms. The van der Waals surface area contributed by atoms with Crippen molar-refractivity contribution in [2.75, 3.05) is 0 Å². The Labute approximate surface area is 117 Å². The third kappa shape index (κ3) is 5.01. The molecule has 1 aromatic rings. The largest absolute Gasteiger partial charge is 0.478 e. The summed E-state index contributed by atoms with van der Waals surface area (Å²) in [5.41, 5.74) is -0.701. The van der Waals surface area contributed by atoms with Gasteiger partial charge in [-0.3, -0.25) is 0 Å². The molecule has 0 unspecified atom stereocenters. The zero-order valence-electron chi connectivity index (χ0n) is 11.5. The summed E-state index contributed by atoms with van der Waals surface area (Å²) >= 11 is 0. The van der Waals surface area contributed by atoms with E-state index >= 15 is 0 Å². The molecule has 2 rings (SSSR count). The van der Waals surface area contributed by atoms with E-state index in [1.807, 2.05) is 6.92 Å². The molecule has 1 saturated carbocycles. The SMILES string of the molecule is CC1(O)CCCCC1.O=C(O)c1ccccc1C(=O)O. The Hall–Kier alpha value is -1.88. The number of hydrogen-bond donors (Lipinski definition) is 3. The monoisotopic (exact) mass is 280 g/mol. The average molecular weight is 280 g/mol. The second kappa shape index (κ2) is 7.05. The van der Waals surface area contributed by atoms with Crippen molar-refractivity contribution in [2.45, 2.75) is 44.6 Å². The number of aliphatic hydroxyl groups is 1. The highest BCUT2D eigenvalue weighted by atomic mass is 16.4. The zero-order valence-corrected chi connectivity index (χ0v) is 11.5. The summed E-state index contributed by atoms with van der Waals surface area (Å²) in [5, 5.41) is 26.5. The molecule has 5 heteroatoms. The number of aromatic carboxylic acids is 2. The topological polar surface area (TPSA) is 94.8 Å². The van der Waals surface area contributed by atoms with Crippen molar-refractivity contribution in [2.24, 2.45) is 0 Å². The van der Waals surface area contributed by atoms with Gasteiger partial charge in [-0.05, 0) is 31.9 Å². The number of benzene rings is 1. The summed E-state index contributed by atoms with van der Waals surface area (Å²) in [6.07, 6.45) is 5.76. The van der Waals surface area contributed by atoms with E-state index in [-0.39, 0.29) is 16.7 Å². The molecule has 0 saturated heterocycles. The Kier molecular flexibility index (Phi) is 5.70. The van der Waals surface area contributed by atoms with Crippen molar-refractivity contribution in [3.05, 3.63) is 35.4 Å². The third-order valence-electron chi connectivity index (χ3n) is 3.32. The van der Waals surface area contributed by atoms with Crippen LogP contribution in [0.5, 0.6) is 0 Å². The Morgan fingerprint density at radius 3 is 1.60 bits per heavy atom. The molecule has 1 aliphatic rings. The van der Waals surface area contributed by atoms with Gasteiger partial charge >= 0.3 is 11.9 Å². The van der Waals surface area contributed by atoms with Gasteiger partial charge in [0, 0.05) is 0 Å². The average Bonchev–Trinajstić information content (AvgIpc) is 2.39. The summed E-state index contributed by atoms with van der Waals surface area (Å²) in [4.78, 5) is 20.9. The number of carboxylic acids is 2. The highest BCUT2D eigenvalue weighted by molar-refractivity contribution is 6.01. The Bertz CT molecular complexity index is 438. The first-order valence-corrected chi connectivity index (χ1v) is 6.61.